The topological polar surface area (TPSA) is 34.9 Å². The highest BCUT2D eigenvalue weighted by atomic mass is 79.9. The van der Waals surface area contributed by atoms with Gasteiger partial charge in [-0.05, 0) is 36.4 Å². The Balaban J connectivity index is 2.11. The largest absolute Gasteiger partial charge is 0.268 e. The molecule has 24 heavy (non-hydrogen) atoms. The molecule has 0 bridgehead atoms. The average Bonchev–Trinajstić information content (AvgIpc) is 2.63. The molecule has 0 N–H and O–H groups in total. The van der Waals surface area contributed by atoms with Gasteiger partial charge in [0, 0.05) is 10.0 Å². The van der Waals surface area contributed by atoms with E-state index in [-0.39, 0.29) is 5.56 Å². The van der Waals surface area contributed by atoms with Crippen molar-refractivity contribution in [3.8, 4) is 17.1 Å². The van der Waals surface area contributed by atoms with E-state index in [0.717, 1.165) is 15.7 Å². The van der Waals surface area contributed by atoms with E-state index in [2.05, 4.69) is 15.9 Å². The van der Waals surface area contributed by atoms with E-state index in [9.17, 15) is 4.79 Å². The van der Waals surface area contributed by atoms with Crippen LogP contribution in [0.4, 0.5) is 0 Å². The molecule has 4 heteroatoms. The molecule has 0 saturated carbocycles. The number of halogens is 1. The third-order valence-electron chi connectivity index (χ3n) is 3.89. The Morgan fingerprint density at radius 3 is 2.21 bits per heavy atom. The fourth-order valence-corrected chi connectivity index (χ4v) is 3.01. The van der Waals surface area contributed by atoms with E-state index in [1.807, 2.05) is 78.9 Å². The predicted molar refractivity (Wildman–Crippen MR) is 100 cm³/mol. The standard InChI is InChI=1S/C20H13BrN2O/c21-15-10-12-16(13-11-15)23-19(14-6-2-1-3-7-14)22-18-9-5-4-8-17(18)20(23)24/h1-13H. The molecular weight excluding hydrogens is 364 g/mol. The zero-order valence-electron chi connectivity index (χ0n) is 12.7. The summed E-state index contributed by atoms with van der Waals surface area (Å²) in [6, 6.07) is 24.9. The number of hydrogen-bond donors (Lipinski definition) is 0. The summed E-state index contributed by atoms with van der Waals surface area (Å²) in [7, 11) is 0. The van der Waals surface area contributed by atoms with Crippen molar-refractivity contribution < 1.29 is 0 Å². The Labute approximate surface area is 147 Å². The van der Waals surface area contributed by atoms with E-state index in [4.69, 9.17) is 4.98 Å². The van der Waals surface area contributed by atoms with Crippen molar-refractivity contribution in [2.45, 2.75) is 0 Å². The lowest BCUT2D eigenvalue weighted by Gasteiger charge is -2.14. The molecule has 4 rings (SSSR count). The maximum atomic E-state index is 13.1. The van der Waals surface area contributed by atoms with Gasteiger partial charge in [-0.3, -0.25) is 9.36 Å². The number of benzene rings is 3. The fourth-order valence-electron chi connectivity index (χ4n) is 2.74. The van der Waals surface area contributed by atoms with Gasteiger partial charge in [0.1, 0.15) is 5.82 Å². The monoisotopic (exact) mass is 376 g/mol. The normalized spacial score (nSPS) is 10.9. The maximum Gasteiger partial charge on any atom is 0.266 e. The van der Waals surface area contributed by atoms with Crippen LogP contribution in [0.15, 0.2) is 88.1 Å². The minimum atomic E-state index is -0.0678. The van der Waals surface area contributed by atoms with E-state index >= 15 is 0 Å². The highest BCUT2D eigenvalue weighted by Crippen LogP contribution is 2.22. The van der Waals surface area contributed by atoms with Crippen LogP contribution in [-0.2, 0) is 0 Å². The minimum Gasteiger partial charge on any atom is -0.268 e. The van der Waals surface area contributed by atoms with Crippen molar-refractivity contribution in [1.29, 1.82) is 0 Å². The molecule has 0 unspecified atom stereocenters. The van der Waals surface area contributed by atoms with Gasteiger partial charge in [0.25, 0.3) is 5.56 Å². The molecule has 116 valence electrons. The Bertz CT molecular complexity index is 1070. The molecule has 0 aliphatic carbocycles. The summed E-state index contributed by atoms with van der Waals surface area (Å²) >= 11 is 3.44. The van der Waals surface area contributed by atoms with Gasteiger partial charge in [-0.1, -0.05) is 58.4 Å². The van der Waals surface area contributed by atoms with Crippen LogP contribution in [-0.4, -0.2) is 9.55 Å². The maximum absolute atomic E-state index is 13.1. The van der Waals surface area contributed by atoms with Crippen LogP contribution in [0.3, 0.4) is 0 Å². The lowest BCUT2D eigenvalue weighted by atomic mass is 10.1. The van der Waals surface area contributed by atoms with E-state index in [1.165, 1.54) is 0 Å². The quantitative estimate of drug-likeness (QED) is 0.502. The lowest BCUT2D eigenvalue weighted by Crippen LogP contribution is -2.21. The third-order valence-corrected chi connectivity index (χ3v) is 4.42. The van der Waals surface area contributed by atoms with Crippen LogP contribution in [0.5, 0.6) is 0 Å². The Morgan fingerprint density at radius 1 is 0.792 bits per heavy atom. The van der Waals surface area contributed by atoms with Crippen LogP contribution in [0, 0.1) is 0 Å². The third kappa shape index (κ3) is 2.55. The Kier molecular flexibility index (Phi) is 3.75. The summed E-state index contributed by atoms with van der Waals surface area (Å²) in [5.74, 6) is 0.640. The van der Waals surface area contributed by atoms with Crippen LogP contribution in [0.25, 0.3) is 28.0 Å². The first kappa shape index (κ1) is 14.8. The van der Waals surface area contributed by atoms with Crippen LogP contribution in [0.2, 0.25) is 0 Å². The molecular formula is C20H13BrN2O. The van der Waals surface area contributed by atoms with Gasteiger partial charge in [0.15, 0.2) is 0 Å². The Morgan fingerprint density at radius 2 is 1.46 bits per heavy atom. The molecule has 0 aliphatic heterocycles. The molecule has 1 aromatic heterocycles. The molecule has 3 aromatic carbocycles. The Hall–Kier alpha value is -2.72. The SMILES string of the molecule is O=c1c2ccccc2nc(-c2ccccc2)n1-c1ccc(Br)cc1. The zero-order chi connectivity index (χ0) is 16.5. The van der Waals surface area contributed by atoms with Gasteiger partial charge in [0.2, 0.25) is 0 Å². The molecule has 0 amide bonds. The van der Waals surface area contributed by atoms with Crippen molar-refractivity contribution >= 4 is 26.8 Å². The average molecular weight is 377 g/mol. The first-order chi connectivity index (χ1) is 11.7. The van der Waals surface area contributed by atoms with Crippen LogP contribution < -0.4 is 5.56 Å². The smallest absolute Gasteiger partial charge is 0.266 e. The second-order valence-corrected chi connectivity index (χ2v) is 6.35. The van der Waals surface area contributed by atoms with E-state index < -0.39 is 0 Å². The van der Waals surface area contributed by atoms with E-state index in [0.29, 0.717) is 16.7 Å². The molecule has 0 radical (unpaired) electrons. The second kappa shape index (κ2) is 6.06. The second-order valence-electron chi connectivity index (χ2n) is 5.44. The van der Waals surface area contributed by atoms with Gasteiger partial charge < -0.3 is 0 Å². The summed E-state index contributed by atoms with van der Waals surface area (Å²) in [5.41, 5.74) is 2.33. The number of fused-ring (bicyclic) bond motifs is 1. The number of aromatic nitrogens is 2. The number of hydrogen-bond acceptors (Lipinski definition) is 2. The number of rotatable bonds is 2. The highest BCUT2D eigenvalue weighted by Gasteiger charge is 2.13. The van der Waals surface area contributed by atoms with Crippen LogP contribution >= 0.6 is 15.9 Å². The van der Waals surface area contributed by atoms with Crippen molar-refractivity contribution in [3.63, 3.8) is 0 Å². The first-order valence-electron chi connectivity index (χ1n) is 7.57. The molecule has 0 fully saturated rings. The molecule has 4 aromatic rings. The first-order valence-corrected chi connectivity index (χ1v) is 8.36. The minimum absolute atomic E-state index is 0.0678. The lowest BCUT2D eigenvalue weighted by molar-refractivity contribution is 0.975. The summed E-state index contributed by atoms with van der Waals surface area (Å²) in [6.45, 7) is 0. The number of para-hydroxylation sites is 1. The van der Waals surface area contributed by atoms with Crippen LogP contribution in [0.1, 0.15) is 0 Å². The van der Waals surface area contributed by atoms with Crippen molar-refractivity contribution in [3.05, 3.63) is 93.7 Å². The van der Waals surface area contributed by atoms with Gasteiger partial charge in [-0.15, -0.1) is 0 Å². The summed E-state index contributed by atoms with van der Waals surface area (Å²) < 4.78 is 2.64. The van der Waals surface area contributed by atoms with Gasteiger partial charge in [-0.2, -0.15) is 0 Å². The number of nitrogens with zero attached hydrogens (tertiary/aromatic N) is 2. The van der Waals surface area contributed by atoms with Crippen molar-refractivity contribution in [1.82, 2.24) is 9.55 Å². The summed E-state index contributed by atoms with van der Waals surface area (Å²) in [5, 5.41) is 0.611. The van der Waals surface area contributed by atoms with Crippen molar-refractivity contribution in [2.75, 3.05) is 0 Å². The fraction of sp³-hybridized carbons (Fsp3) is 0. The van der Waals surface area contributed by atoms with E-state index in [1.54, 1.807) is 4.57 Å². The van der Waals surface area contributed by atoms with Gasteiger partial charge >= 0.3 is 0 Å². The molecule has 1 heterocycles. The molecule has 0 aliphatic rings. The summed E-state index contributed by atoms with van der Waals surface area (Å²) in [6.07, 6.45) is 0. The van der Waals surface area contributed by atoms with Crippen molar-refractivity contribution in [2.24, 2.45) is 0 Å². The molecule has 0 atom stereocenters. The predicted octanol–water partition coefficient (Wildman–Crippen LogP) is 4.82. The van der Waals surface area contributed by atoms with Gasteiger partial charge in [-0.25, -0.2) is 4.98 Å². The molecule has 3 nitrogen and oxygen atoms in total. The highest BCUT2D eigenvalue weighted by molar-refractivity contribution is 9.10. The molecule has 0 saturated heterocycles. The summed E-state index contributed by atoms with van der Waals surface area (Å²) in [4.78, 5) is 17.9. The molecule has 0 spiro atoms. The zero-order valence-corrected chi connectivity index (χ0v) is 14.3. The van der Waals surface area contributed by atoms with Gasteiger partial charge in [0.05, 0.1) is 16.6 Å².